The van der Waals surface area contributed by atoms with Gasteiger partial charge in [0.25, 0.3) is 0 Å². The van der Waals surface area contributed by atoms with Gasteiger partial charge in [0.15, 0.2) is 0 Å². The van der Waals surface area contributed by atoms with E-state index in [2.05, 4.69) is 433 Å². The highest BCUT2D eigenvalue weighted by Gasteiger charge is 2.17. The molecule has 11 rings (SSSR count). The van der Waals surface area contributed by atoms with Crippen LogP contribution >= 0.6 is 0 Å². The van der Waals surface area contributed by atoms with Gasteiger partial charge in [0.2, 0.25) is 6.33 Å². The zero-order valence-electron chi connectivity index (χ0n) is 82.8. The molecular weight excluding hydrogens is 1470 g/mol. The lowest BCUT2D eigenvalue weighted by Crippen LogP contribution is -2.38. The Hall–Kier alpha value is -8.78. The van der Waals surface area contributed by atoms with Gasteiger partial charge < -0.3 is 13.4 Å². The smallest absolute Gasteiger partial charge is 0.241 e. The minimum Gasteiger partial charge on any atom is -0.466 e. The second-order valence-corrected chi connectivity index (χ2v) is 37.8. The Balaban J connectivity index is 0.000000452. The third-order valence-corrected chi connectivity index (χ3v) is 20.1. The highest BCUT2D eigenvalue weighted by Crippen LogP contribution is 2.29. The van der Waals surface area contributed by atoms with E-state index in [9.17, 15) is 0 Å². The maximum absolute atomic E-state index is 5.61. The van der Waals surface area contributed by atoms with Gasteiger partial charge in [-0.1, -0.05) is 280 Å². The van der Waals surface area contributed by atoms with Crippen molar-refractivity contribution in [2.24, 2.45) is 0 Å². The quantitative estimate of drug-likeness (QED) is 0.0721. The molecule has 1 N–H and O–H groups in total. The number of imidazole rings is 1. The number of aromatic amines is 1. The molecule has 0 radical (unpaired) electrons. The fraction of sp³-hybridized carbons (Fsp3) is 0.566. The minimum absolute atomic E-state index is 0.420. The van der Waals surface area contributed by atoms with E-state index in [0.717, 1.165) is 40.4 Å². The summed E-state index contributed by atoms with van der Waals surface area (Å²) < 4.78 is 15.8. The number of aromatic nitrogens is 12. The number of furan rings is 2. The molecule has 0 amide bonds. The first kappa shape index (κ1) is 107. The average molecular weight is 1640 g/mol. The van der Waals surface area contributed by atoms with Gasteiger partial charge >= 0.3 is 0 Å². The Kier molecular flexibility index (Phi) is 48.8. The molecule has 0 unspecified atom stereocenters. The van der Waals surface area contributed by atoms with E-state index in [1.54, 1.807) is 6.33 Å². The predicted octanol–water partition coefficient (Wildman–Crippen LogP) is 31.6. The van der Waals surface area contributed by atoms with Crippen LogP contribution in [0.2, 0.25) is 0 Å². The minimum atomic E-state index is 0.420. The standard InChI is InChI=1S/C14H19N.3C11H17N.3C10H16N2.2C10H16O.C9H16N2/c1-10(2)13-6-5-12-7-8-15(11(3)4)14(12)9-13;1-8(2)10-5-6-11(9(3)4)12-7-10;1-8(2)10-6-5-7-12-11(10)9(3)4;1-8(2)10-6-5-7-11(12-10)9(3)4;1-7(2)9-5-11-6-12-10(9)8(3)4;1-7(2)9-5-11-10(8(3)4)12-6-9;1-7(2)9-5-6-11-10(12-9)8(3)4;2*1-7(2)9-5-6-10(11-9)8(3)4;1-7(2)9-5-10-6-11(9)8(3)4/h5-11H,1-4H3;3*5-9H,1-4H3;3*5-8H,1-4H3;3*5-8H,1-4H3/p+1. The lowest BCUT2D eigenvalue weighted by Gasteiger charge is -2.13. The largest absolute Gasteiger partial charge is 0.466 e. The van der Waals surface area contributed by atoms with Crippen LogP contribution in [0.4, 0.5) is 0 Å². The predicted molar refractivity (Wildman–Crippen MR) is 514 cm³/mol. The number of hydrogen-bond acceptors (Lipinski definition) is 11. The van der Waals surface area contributed by atoms with Crippen molar-refractivity contribution >= 4 is 10.9 Å². The maximum Gasteiger partial charge on any atom is 0.241 e. The van der Waals surface area contributed by atoms with Gasteiger partial charge in [0.05, 0.1) is 6.04 Å². The van der Waals surface area contributed by atoms with Crippen molar-refractivity contribution in [3.05, 3.63) is 262 Å². The Labute approximate surface area is 731 Å². The maximum atomic E-state index is 5.61. The number of benzene rings is 1. The highest BCUT2D eigenvalue weighted by atomic mass is 16.3. The molecule has 1 aromatic carbocycles. The van der Waals surface area contributed by atoms with Crippen molar-refractivity contribution in [1.82, 2.24) is 54.4 Å². The van der Waals surface area contributed by atoms with Crippen LogP contribution in [0.5, 0.6) is 0 Å². The number of pyridine rings is 3. The highest BCUT2D eigenvalue weighted by molar-refractivity contribution is 5.81. The Morgan fingerprint density at radius 2 is 0.767 bits per heavy atom. The summed E-state index contributed by atoms with van der Waals surface area (Å²) in [6.07, 6.45) is 19.4. The third-order valence-electron chi connectivity index (χ3n) is 20.1. The number of fused-ring (bicyclic) bond motifs is 1. The molecular formula is C106H167N12O2+. The number of nitrogens with zero attached hydrogens (tertiary/aromatic N) is 11. The third kappa shape index (κ3) is 38.1. The zero-order chi connectivity index (χ0) is 91.1. The van der Waals surface area contributed by atoms with E-state index in [4.69, 9.17) is 8.83 Å². The molecule has 120 heavy (non-hydrogen) atoms. The van der Waals surface area contributed by atoms with Crippen molar-refractivity contribution in [3.8, 4) is 0 Å². The van der Waals surface area contributed by atoms with Crippen molar-refractivity contribution in [1.29, 1.82) is 0 Å². The summed E-state index contributed by atoms with van der Waals surface area (Å²) in [5, 5.41) is 1.34. The van der Waals surface area contributed by atoms with E-state index in [-0.39, 0.29) is 0 Å². The van der Waals surface area contributed by atoms with E-state index in [1.165, 1.54) is 72.9 Å². The van der Waals surface area contributed by atoms with Gasteiger partial charge in [-0.05, 0) is 193 Å². The van der Waals surface area contributed by atoms with Crippen LogP contribution in [0.1, 0.15) is 498 Å². The van der Waals surface area contributed by atoms with Crippen molar-refractivity contribution in [3.63, 3.8) is 0 Å². The summed E-state index contributed by atoms with van der Waals surface area (Å²) in [7, 11) is 0. The molecule has 0 aliphatic carbocycles. The molecule has 0 saturated carbocycles. The van der Waals surface area contributed by atoms with Crippen LogP contribution in [-0.2, 0) is 0 Å². The average Bonchev–Trinajstić information content (AvgIpc) is 1.66. The van der Waals surface area contributed by atoms with Crippen LogP contribution in [0.25, 0.3) is 10.9 Å². The Bertz CT molecular complexity index is 4070. The molecule has 0 aliphatic heterocycles. The summed E-state index contributed by atoms with van der Waals surface area (Å²) in [5.41, 5.74) is 16.5. The van der Waals surface area contributed by atoms with Gasteiger partial charge in [0.1, 0.15) is 52.9 Å². The van der Waals surface area contributed by atoms with E-state index in [0.29, 0.717) is 119 Å². The Morgan fingerprint density at radius 3 is 1.12 bits per heavy atom. The number of nitrogens with one attached hydrogen (secondary N) is 1. The molecule has 14 heteroatoms. The molecule has 14 nitrogen and oxygen atoms in total. The van der Waals surface area contributed by atoms with Gasteiger partial charge in [0, 0.05) is 131 Å². The first-order chi connectivity index (χ1) is 56.1. The van der Waals surface area contributed by atoms with E-state index < -0.39 is 0 Å². The van der Waals surface area contributed by atoms with Gasteiger partial charge in [-0.3, -0.25) is 15.0 Å². The molecule has 0 bridgehead atoms. The molecule has 10 aromatic heterocycles. The summed E-state index contributed by atoms with van der Waals surface area (Å²) in [6, 6.07) is 35.1. The van der Waals surface area contributed by atoms with Gasteiger partial charge in [-0.2, -0.15) is 0 Å². The molecule has 662 valence electrons. The van der Waals surface area contributed by atoms with Gasteiger partial charge in [-0.25, -0.2) is 39.5 Å². The van der Waals surface area contributed by atoms with E-state index >= 15 is 0 Å². The summed E-state index contributed by atoms with van der Waals surface area (Å²) >= 11 is 0. The molecule has 0 aliphatic rings. The first-order valence-corrected chi connectivity index (χ1v) is 45.3. The molecule has 0 spiro atoms. The fourth-order valence-electron chi connectivity index (χ4n) is 12.0. The molecule has 10 heterocycles. The zero-order valence-corrected chi connectivity index (χ0v) is 82.8. The Morgan fingerprint density at radius 1 is 0.317 bits per heavy atom. The summed E-state index contributed by atoms with van der Waals surface area (Å²) in [5.74, 6) is 15.6. The van der Waals surface area contributed by atoms with Crippen LogP contribution in [-0.4, -0.2) is 54.4 Å². The molecule has 0 saturated heterocycles. The number of hydrogen-bond donors (Lipinski definition) is 1. The lowest BCUT2D eigenvalue weighted by atomic mass is 9.96. The number of rotatable bonds is 20. The topological polar surface area (TPSA) is 167 Å². The second kappa shape index (κ2) is 54.6. The van der Waals surface area contributed by atoms with Crippen LogP contribution in [0.15, 0.2) is 168 Å². The molecule has 0 atom stereocenters. The van der Waals surface area contributed by atoms with E-state index in [1.807, 2.05) is 55.6 Å². The second-order valence-electron chi connectivity index (χ2n) is 37.8. The monoisotopic (exact) mass is 1640 g/mol. The molecule has 11 aromatic rings. The first-order valence-electron chi connectivity index (χ1n) is 45.3. The number of H-pyrrole nitrogens is 1. The summed E-state index contributed by atoms with van der Waals surface area (Å²) in [6.45, 7) is 86.7. The van der Waals surface area contributed by atoms with Gasteiger partial charge in [-0.15, -0.1) is 0 Å². The molecule has 0 fully saturated rings. The lowest BCUT2D eigenvalue weighted by molar-refractivity contribution is -0.722. The van der Waals surface area contributed by atoms with Crippen LogP contribution in [0, 0.1) is 0 Å². The van der Waals surface area contributed by atoms with Crippen LogP contribution < -0.4 is 4.57 Å². The summed E-state index contributed by atoms with van der Waals surface area (Å²) in [4.78, 5) is 42.1. The normalized spacial score (nSPS) is 11.3. The van der Waals surface area contributed by atoms with Crippen molar-refractivity contribution in [2.75, 3.05) is 0 Å². The van der Waals surface area contributed by atoms with Crippen LogP contribution in [0.3, 0.4) is 0 Å². The van der Waals surface area contributed by atoms with Crippen molar-refractivity contribution in [2.45, 2.75) is 396 Å². The fourth-order valence-corrected chi connectivity index (χ4v) is 12.0. The SMILES string of the molecule is CC(C)c1c[nH]c[n+]1C(C)C.CC(C)c1ccc(C(C)C)nc1.CC(C)c1ccc(C(C)C)o1.CC(C)c1ccc(C(C)C)o1.CC(C)c1ccc2ccn(C(C)C)c2c1.CC(C)c1cccc(C(C)C)n1.CC(C)c1cccnc1C(C)C.CC(C)c1ccnc(C(C)C)n1.CC(C)c1cnc(C(C)C)nc1.CC(C)c1cncnc1C(C)C. The van der Waals surface area contributed by atoms with Crippen molar-refractivity contribution < 1.29 is 13.4 Å².